The van der Waals surface area contributed by atoms with Crippen LogP contribution >= 0.6 is 0 Å². The van der Waals surface area contributed by atoms with Gasteiger partial charge >= 0.3 is 0 Å². The van der Waals surface area contributed by atoms with Crippen LogP contribution in [0, 0.1) is 0 Å². The van der Waals surface area contributed by atoms with Gasteiger partial charge in [-0.15, -0.1) is 6.58 Å². The van der Waals surface area contributed by atoms with E-state index in [1.807, 2.05) is 60.9 Å². The predicted molar refractivity (Wildman–Crippen MR) is 113 cm³/mol. The molecule has 28 heavy (non-hydrogen) atoms. The second-order valence-electron chi connectivity index (χ2n) is 7.04. The maximum Gasteiger partial charge on any atom is 0.271 e. The van der Waals surface area contributed by atoms with Gasteiger partial charge in [-0.25, -0.2) is 4.98 Å². The summed E-state index contributed by atoms with van der Waals surface area (Å²) in [6.45, 7) is 8.26. The number of rotatable bonds is 4. The molecule has 0 bridgehead atoms. The zero-order valence-corrected chi connectivity index (χ0v) is 15.9. The van der Waals surface area contributed by atoms with Crippen molar-refractivity contribution in [2.45, 2.75) is 26.3 Å². The van der Waals surface area contributed by atoms with Gasteiger partial charge in [0.25, 0.3) is 5.56 Å². The topological polar surface area (TPSA) is 56.9 Å². The van der Waals surface area contributed by atoms with Crippen molar-refractivity contribution in [1.82, 2.24) is 14.1 Å². The van der Waals surface area contributed by atoms with Crippen LogP contribution in [0.2, 0.25) is 0 Å². The monoisotopic (exact) mass is 371 g/mol. The second-order valence-corrected chi connectivity index (χ2v) is 7.04. The molecule has 0 saturated heterocycles. The molecular formula is C23H21N3O2. The summed E-state index contributed by atoms with van der Waals surface area (Å²) in [7, 11) is 0. The minimum Gasteiger partial charge on any atom is -0.321 e. The maximum absolute atomic E-state index is 13.6. The molecule has 0 spiro atoms. The molecule has 0 atom stereocenters. The van der Waals surface area contributed by atoms with E-state index in [-0.39, 0.29) is 22.3 Å². The Kier molecular flexibility index (Phi) is 4.43. The Labute approximate surface area is 162 Å². The number of pyridine rings is 1. The molecule has 4 rings (SSSR count). The number of fused-ring (bicyclic) bond motifs is 2. The lowest BCUT2D eigenvalue weighted by atomic mass is 10.1. The van der Waals surface area contributed by atoms with Crippen molar-refractivity contribution < 1.29 is 0 Å². The van der Waals surface area contributed by atoms with Crippen molar-refractivity contribution >= 4 is 21.9 Å². The van der Waals surface area contributed by atoms with Gasteiger partial charge < -0.3 is 4.57 Å². The third-order valence-electron chi connectivity index (χ3n) is 4.85. The van der Waals surface area contributed by atoms with Crippen LogP contribution < -0.4 is 11.0 Å². The molecule has 0 aliphatic heterocycles. The van der Waals surface area contributed by atoms with Crippen LogP contribution in [0.4, 0.5) is 0 Å². The van der Waals surface area contributed by atoms with E-state index < -0.39 is 0 Å². The largest absolute Gasteiger partial charge is 0.321 e. The molecule has 0 aliphatic rings. The number of nitrogens with zero attached hydrogens (tertiary/aromatic N) is 3. The average molecular weight is 371 g/mol. The summed E-state index contributed by atoms with van der Waals surface area (Å²) >= 11 is 0. The molecule has 0 saturated carbocycles. The fraction of sp³-hybridized carbons (Fsp3) is 0.174. The second kappa shape index (κ2) is 6.93. The van der Waals surface area contributed by atoms with Gasteiger partial charge in [0.1, 0.15) is 11.2 Å². The number of allylic oxidation sites excluding steroid dienone is 1. The van der Waals surface area contributed by atoms with E-state index in [0.29, 0.717) is 29.1 Å². The Balaban J connectivity index is 2.28. The summed E-state index contributed by atoms with van der Waals surface area (Å²) in [5, 5.41) is 0.612. The van der Waals surface area contributed by atoms with E-state index >= 15 is 0 Å². The first-order valence-electron chi connectivity index (χ1n) is 9.29. The first kappa shape index (κ1) is 17.9. The van der Waals surface area contributed by atoms with Gasteiger partial charge in [0.2, 0.25) is 5.43 Å². The smallest absolute Gasteiger partial charge is 0.271 e. The van der Waals surface area contributed by atoms with E-state index in [1.54, 1.807) is 22.8 Å². The van der Waals surface area contributed by atoms with Gasteiger partial charge in [-0.05, 0) is 24.3 Å². The van der Waals surface area contributed by atoms with Gasteiger partial charge in [-0.3, -0.25) is 14.2 Å². The number of aromatic nitrogens is 3. The summed E-state index contributed by atoms with van der Waals surface area (Å²) in [6, 6.07) is 16.6. The van der Waals surface area contributed by atoms with Crippen LogP contribution in [0.1, 0.15) is 25.6 Å². The average Bonchev–Trinajstić information content (AvgIpc) is 2.71. The van der Waals surface area contributed by atoms with Crippen LogP contribution in [0.15, 0.2) is 76.8 Å². The molecule has 2 aromatic carbocycles. The molecule has 5 heteroatoms. The molecule has 0 unspecified atom stereocenters. The summed E-state index contributed by atoms with van der Waals surface area (Å²) in [6.07, 6.45) is 1.75. The molecule has 0 N–H and O–H groups in total. The quantitative estimate of drug-likeness (QED) is 0.402. The Morgan fingerprint density at radius 1 is 1.04 bits per heavy atom. The Hall–Kier alpha value is -3.47. The van der Waals surface area contributed by atoms with Gasteiger partial charge in [-0.1, -0.05) is 50.3 Å². The third kappa shape index (κ3) is 2.67. The summed E-state index contributed by atoms with van der Waals surface area (Å²) < 4.78 is 3.45. The van der Waals surface area contributed by atoms with E-state index in [9.17, 15) is 9.59 Å². The van der Waals surface area contributed by atoms with Crippen LogP contribution in [-0.4, -0.2) is 14.1 Å². The number of hydrogen-bond acceptors (Lipinski definition) is 3. The minimum atomic E-state index is -0.339. The zero-order chi connectivity index (χ0) is 19.8. The maximum atomic E-state index is 13.6. The standard InChI is InChI=1S/C23H21N3O2/c1-4-14-25-18-13-9-8-12-17(18)20(27)19-22(25)24-21(15(2)3)26(23(19)28)16-10-6-5-7-11-16/h4-13,15H,1,14H2,2-3H3. The highest BCUT2D eigenvalue weighted by Gasteiger charge is 2.21. The summed E-state index contributed by atoms with van der Waals surface area (Å²) in [4.78, 5) is 31.6. The Morgan fingerprint density at radius 2 is 1.71 bits per heavy atom. The highest BCUT2D eigenvalue weighted by Crippen LogP contribution is 2.21. The van der Waals surface area contributed by atoms with Crippen molar-refractivity contribution in [2.75, 3.05) is 0 Å². The van der Waals surface area contributed by atoms with Crippen LogP contribution in [-0.2, 0) is 6.54 Å². The van der Waals surface area contributed by atoms with Crippen molar-refractivity contribution in [3.8, 4) is 5.69 Å². The van der Waals surface area contributed by atoms with E-state index in [4.69, 9.17) is 4.98 Å². The van der Waals surface area contributed by atoms with Crippen molar-refractivity contribution in [2.24, 2.45) is 0 Å². The third-order valence-corrected chi connectivity index (χ3v) is 4.85. The van der Waals surface area contributed by atoms with E-state index in [2.05, 4.69) is 6.58 Å². The molecule has 0 aliphatic carbocycles. The minimum absolute atomic E-state index is 0.00365. The molecular weight excluding hydrogens is 350 g/mol. The van der Waals surface area contributed by atoms with E-state index in [1.165, 1.54) is 0 Å². The van der Waals surface area contributed by atoms with Gasteiger partial charge in [0, 0.05) is 17.8 Å². The molecule has 5 nitrogen and oxygen atoms in total. The molecule has 0 radical (unpaired) electrons. The first-order valence-corrected chi connectivity index (χ1v) is 9.29. The number of para-hydroxylation sites is 2. The normalized spacial score (nSPS) is 11.4. The van der Waals surface area contributed by atoms with Crippen LogP contribution in [0.25, 0.3) is 27.6 Å². The fourth-order valence-corrected chi connectivity index (χ4v) is 3.60. The van der Waals surface area contributed by atoms with Crippen LogP contribution in [0.3, 0.4) is 0 Å². The molecule has 2 aromatic heterocycles. The lowest BCUT2D eigenvalue weighted by Crippen LogP contribution is -2.30. The van der Waals surface area contributed by atoms with Gasteiger partial charge in [-0.2, -0.15) is 0 Å². The molecule has 4 aromatic rings. The SMILES string of the molecule is C=CCn1c2ccccc2c(=O)c2c(=O)n(-c3ccccc3)c(C(C)C)nc21. The van der Waals surface area contributed by atoms with Crippen molar-refractivity contribution in [3.05, 3.63) is 93.7 Å². The number of hydrogen-bond donors (Lipinski definition) is 0. The Morgan fingerprint density at radius 3 is 2.39 bits per heavy atom. The predicted octanol–water partition coefficient (Wildman–Crippen LogP) is 4.01. The molecule has 0 amide bonds. The van der Waals surface area contributed by atoms with Gasteiger partial charge in [0.15, 0.2) is 5.65 Å². The highest BCUT2D eigenvalue weighted by atomic mass is 16.1. The summed E-state index contributed by atoms with van der Waals surface area (Å²) in [5.74, 6) is 0.618. The van der Waals surface area contributed by atoms with E-state index in [0.717, 1.165) is 5.52 Å². The lowest BCUT2D eigenvalue weighted by molar-refractivity contribution is 0.713. The molecule has 2 heterocycles. The number of benzene rings is 2. The Bertz CT molecular complexity index is 1320. The van der Waals surface area contributed by atoms with Crippen molar-refractivity contribution in [3.63, 3.8) is 0 Å². The lowest BCUT2D eigenvalue weighted by Gasteiger charge is -2.19. The zero-order valence-electron chi connectivity index (χ0n) is 15.9. The first-order chi connectivity index (χ1) is 13.5. The van der Waals surface area contributed by atoms with Gasteiger partial charge in [0.05, 0.1) is 11.2 Å². The van der Waals surface area contributed by atoms with Crippen molar-refractivity contribution in [1.29, 1.82) is 0 Å². The molecule has 140 valence electrons. The fourth-order valence-electron chi connectivity index (χ4n) is 3.60. The summed E-state index contributed by atoms with van der Waals surface area (Å²) in [5.41, 5.74) is 1.23. The van der Waals surface area contributed by atoms with Crippen LogP contribution in [0.5, 0.6) is 0 Å². The molecule has 0 fully saturated rings. The highest BCUT2D eigenvalue weighted by molar-refractivity contribution is 5.91.